The first-order valence-corrected chi connectivity index (χ1v) is 6.62. The number of rotatable bonds is 4. The van der Waals surface area contributed by atoms with Crippen LogP contribution in [0.5, 0.6) is 0 Å². The number of hydrogen-bond acceptors (Lipinski definition) is 5. The van der Waals surface area contributed by atoms with Gasteiger partial charge in [-0.3, -0.25) is 0 Å². The van der Waals surface area contributed by atoms with E-state index in [1.54, 1.807) is 0 Å². The molecule has 1 saturated heterocycles. The summed E-state index contributed by atoms with van der Waals surface area (Å²) in [5.74, 6) is 3.42. The number of nitrogens with zero attached hydrogens (tertiary/aromatic N) is 4. The van der Waals surface area contributed by atoms with Crippen LogP contribution in [0, 0.1) is 0 Å². The second-order valence-electron chi connectivity index (χ2n) is 3.66. The molecule has 0 spiro atoms. The first kappa shape index (κ1) is 10.9. The summed E-state index contributed by atoms with van der Waals surface area (Å²) >= 11 is 2.02. The van der Waals surface area contributed by atoms with Crippen LogP contribution in [-0.4, -0.2) is 38.3 Å². The lowest BCUT2D eigenvalue weighted by molar-refractivity contribution is 0.399. The molecule has 5 nitrogen and oxygen atoms in total. The van der Waals surface area contributed by atoms with Gasteiger partial charge in [-0.1, -0.05) is 6.92 Å². The van der Waals surface area contributed by atoms with Crippen molar-refractivity contribution < 1.29 is 0 Å². The van der Waals surface area contributed by atoms with Gasteiger partial charge in [0.15, 0.2) is 5.82 Å². The molecule has 0 aromatic carbocycles. The SMILES string of the molecule is CCNCc1nnnn1C1CCSCC1. The van der Waals surface area contributed by atoms with Crippen LogP contribution >= 0.6 is 11.8 Å². The van der Waals surface area contributed by atoms with Gasteiger partial charge in [-0.25, -0.2) is 4.68 Å². The molecule has 2 rings (SSSR count). The highest BCUT2D eigenvalue weighted by molar-refractivity contribution is 7.99. The standard InChI is InChI=1S/C9H17N5S/c1-2-10-7-9-11-12-13-14(9)8-3-5-15-6-4-8/h8,10H,2-7H2,1H3. The Morgan fingerprint density at radius 2 is 2.27 bits per heavy atom. The lowest BCUT2D eigenvalue weighted by Gasteiger charge is -2.22. The Kier molecular flexibility index (Phi) is 3.96. The van der Waals surface area contributed by atoms with Crippen molar-refractivity contribution in [2.24, 2.45) is 0 Å². The molecular weight excluding hydrogens is 210 g/mol. The summed E-state index contributed by atoms with van der Waals surface area (Å²) in [4.78, 5) is 0. The van der Waals surface area contributed by atoms with Crippen molar-refractivity contribution in [3.8, 4) is 0 Å². The van der Waals surface area contributed by atoms with Crippen LogP contribution in [0.2, 0.25) is 0 Å². The molecule has 0 atom stereocenters. The highest BCUT2D eigenvalue weighted by atomic mass is 32.2. The predicted octanol–water partition coefficient (Wildman–Crippen LogP) is 0.851. The Morgan fingerprint density at radius 1 is 1.47 bits per heavy atom. The van der Waals surface area contributed by atoms with Gasteiger partial charge >= 0.3 is 0 Å². The molecule has 0 unspecified atom stereocenters. The molecule has 1 fully saturated rings. The highest BCUT2D eigenvalue weighted by Gasteiger charge is 2.19. The molecule has 1 N–H and O–H groups in total. The van der Waals surface area contributed by atoms with E-state index >= 15 is 0 Å². The number of thioether (sulfide) groups is 1. The molecule has 0 radical (unpaired) electrons. The van der Waals surface area contributed by atoms with E-state index < -0.39 is 0 Å². The van der Waals surface area contributed by atoms with Crippen LogP contribution in [0.4, 0.5) is 0 Å². The molecule has 84 valence electrons. The minimum absolute atomic E-state index is 0.509. The van der Waals surface area contributed by atoms with Crippen LogP contribution in [0.3, 0.4) is 0 Å². The quantitative estimate of drug-likeness (QED) is 0.826. The molecule has 2 heterocycles. The first-order chi connectivity index (χ1) is 7.42. The third kappa shape index (κ3) is 2.69. The summed E-state index contributed by atoms with van der Waals surface area (Å²) in [5.41, 5.74) is 0. The summed E-state index contributed by atoms with van der Waals surface area (Å²) in [5, 5.41) is 15.2. The van der Waals surface area contributed by atoms with Gasteiger partial charge in [0.1, 0.15) is 0 Å². The van der Waals surface area contributed by atoms with E-state index in [0.717, 1.165) is 18.9 Å². The molecule has 0 saturated carbocycles. The third-order valence-corrected chi connectivity index (χ3v) is 3.68. The fraction of sp³-hybridized carbons (Fsp3) is 0.889. The van der Waals surface area contributed by atoms with Gasteiger partial charge in [-0.15, -0.1) is 5.10 Å². The van der Waals surface area contributed by atoms with Crippen LogP contribution in [0.25, 0.3) is 0 Å². The minimum atomic E-state index is 0.509. The molecule has 1 aliphatic heterocycles. The number of aromatic nitrogens is 4. The fourth-order valence-corrected chi connectivity index (χ4v) is 2.86. The summed E-state index contributed by atoms with van der Waals surface area (Å²) in [6.45, 7) is 3.81. The van der Waals surface area contributed by atoms with Crippen molar-refractivity contribution >= 4 is 11.8 Å². The van der Waals surface area contributed by atoms with Crippen molar-refractivity contribution in [2.45, 2.75) is 32.4 Å². The van der Waals surface area contributed by atoms with Crippen LogP contribution in [0.1, 0.15) is 31.6 Å². The molecular formula is C9H17N5S. The fourth-order valence-electron chi connectivity index (χ4n) is 1.78. The second kappa shape index (κ2) is 5.46. The maximum atomic E-state index is 4.10. The van der Waals surface area contributed by atoms with E-state index in [4.69, 9.17) is 0 Å². The van der Waals surface area contributed by atoms with E-state index in [9.17, 15) is 0 Å². The summed E-state index contributed by atoms with van der Waals surface area (Å²) in [6.07, 6.45) is 2.38. The van der Waals surface area contributed by atoms with E-state index in [0.29, 0.717) is 6.04 Å². The zero-order chi connectivity index (χ0) is 10.5. The van der Waals surface area contributed by atoms with Gasteiger partial charge in [0.05, 0.1) is 12.6 Å². The Bertz CT molecular complexity index is 294. The van der Waals surface area contributed by atoms with E-state index in [1.807, 2.05) is 16.4 Å². The summed E-state index contributed by atoms with van der Waals surface area (Å²) in [7, 11) is 0. The number of nitrogens with one attached hydrogen (secondary N) is 1. The Hall–Kier alpha value is -0.620. The maximum Gasteiger partial charge on any atom is 0.165 e. The van der Waals surface area contributed by atoms with Crippen molar-refractivity contribution in [1.82, 2.24) is 25.5 Å². The zero-order valence-electron chi connectivity index (χ0n) is 9.02. The molecule has 1 aliphatic rings. The maximum absolute atomic E-state index is 4.10. The van der Waals surface area contributed by atoms with Crippen molar-refractivity contribution in [3.05, 3.63) is 5.82 Å². The van der Waals surface area contributed by atoms with Gasteiger partial charge in [-0.05, 0) is 41.3 Å². The molecule has 15 heavy (non-hydrogen) atoms. The average molecular weight is 227 g/mol. The van der Waals surface area contributed by atoms with Crippen molar-refractivity contribution in [3.63, 3.8) is 0 Å². The number of hydrogen-bond donors (Lipinski definition) is 1. The monoisotopic (exact) mass is 227 g/mol. The second-order valence-corrected chi connectivity index (χ2v) is 4.89. The number of tetrazole rings is 1. The van der Waals surface area contributed by atoms with Gasteiger partial charge in [-0.2, -0.15) is 11.8 Å². The van der Waals surface area contributed by atoms with Gasteiger partial charge in [0.25, 0.3) is 0 Å². The Balaban J connectivity index is 2.02. The van der Waals surface area contributed by atoms with Gasteiger partial charge < -0.3 is 5.32 Å². The minimum Gasteiger partial charge on any atom is -0.310 e. The molecule has 1 aromatic rings. The summed E-state index contributed by atoms with van der Waals surface area (Å²) < 4.78 is 2.00. The van der Waals surface area contributed by atoms with Crippen LogP contribution < -0.4 is 5.32 Å². The molecule has 1 aromatic heterocycles. The van der Waals surface area contributed by atoms with Crippen LogP contribution in [-0.2, 0) is 6.54 Å². The van der Waals surface area contributed by atoms with Gasteiger partial charge in [0, 0.05) is 0 Å². The lowest BCUT2D eigenvalue weighted by Crippen LogP contribution is -2.22. The van der Waals surface area contributed by atoms with Crippen molar-refractivity contribution in [2.75, 3.05) is 18.1 Å². The molecule has 6 heteroatoms. The lowest BCUT2D eigenvalue weighted by atomic mass is 10.1. The van der Waals surface area contributed by atoms with Gasteiger partial charge in [0.2, 0.25) is 0 Å². The average Bonchev–Trinajstić information content (AvgIpc) is 2.75. The summed E-state index contributed by atoms with van der Waals surface area (Å²) in [6, 6.07) is 0.509. The highest BCUT2D eigenvalue weighted by Crippen LogP contribution is 2.26. The normalized spacial score (nSPS) is 18.2. The smallest absolute Gasteiger partial charge is 0.165 e. The molecule has 0 bridgehead atoms. The Labute approximate surface area is 94.0 Å². The van der Waals surface area contributed by atoms with E-state index in [-0.39, 0.29) is 0 Å². The van der Waals surface area contributed by atoms with Crippen molar-refractivity contribution in [1.29, 1.82) is 0 Å². The zero-order valence-corrected chi connectivity index (χ0v) is 9.83. The first-order valence-electron chi connectivity index (χ1n) is 5.47. The molecule has 0 amide bonds. The largest absolute Gasteiger partial charge is 0.310 e. The predicted molar refractivity (Wildman–Crippen MR) is 60.8 cm³/mol. The third-order valence-electron chi connectivity index (χ3n) is 2.63. The molecule has 0 aliphatic carbocycles. The topological polar surface area (TPSA) is 55.6 Å². The Morgan fingerprint density at radius 3 is 3.00 bits per heavy atom. The van der Waals surface area contributed by atoms with Crippen LogP contribution in [0.15, 0.2) is 0 Å². The van der Waals surface area contributed by atoms with E-state index in [2.05, 4.69) is 27.8 Å². The van der Waals surface area contributed by atoms with E-state index in [1.165, 1.54) is 24.3 Å².